The van der Waals surface area contributed by atoms with E-state index in [1.54, 1.807) is 24.1 Å². The van der Waals surface area contributed by atoms with E-state index in [9.17, 15) is 9.59 Å². The van der Waals surface area contributed by atoms with E-state index in [2.05, 4.69) is 5.32 Å². The molecule has 0 saturated carbocycles. The average Bonchev–Trinajstić information content (AvgIpc) is 2.69. The number of para-hydroxylation sites is 2. The summed E-state index contributed by atoms with van der Waals surface area (Å²) in [5.74, 6) is 0.232. The van der Waals surface area contributed by atoms with Gasteiger partial charge in [-0.15, -0.1) is 0 Å². The number of nitrogens with zero attached hydrogens (tertiary/aromatic N) is 2. The quantitative estimate of drug-likeness (QED) is 0.846. The van der Waals surface area contributed by atoms with Crippen molar-refractivity contribution in [1.29, 1.82) is 0 Å². The third kappa shape index (κ3) is 4.38. The van der Waals surface area contributed by atoms with Crippen LogP contribution in [0.4, 0.5) is 10.5 Å². The molecule has 3 N–H and O–H groups in total. The minimum atomic E-state index is -0.481. The van der Waals surface area contributed by atoms with Gasteiger partial charge < -0.3 is 20.7 Å². The largest absolute Gasteiger partial charge is 0.495 e. The van der Waals surface area contributed by atoms with Crippen molar-refractivity contribution in [2.24, 2.45) is 5.73 Å². The van der Waals surface area contributed by atoms with E-state index in [0.717, 1.165) is 5.56 Å². The molecule has 1 fully saturated rings. The van der Waals surface area contributed by atoms with Crippen molar-refractivity contribution >= 4 is 17.6 Å². The molecule has 1 aliphatic rings. The molecule has 142 valence electrons. The first-order chi connectivity index (χ1) is 13.1. The van der Waals surface area contributed by atoms with Crippen molar-refractivity contribution in [2.45, 2.75) is 6.04 Å². The molecule has 1 aliphatic heterocycles. The summed E-state index contributed by atoms with van der Waals surface area (Å²) in [5.41, 5.74) is 7.14. The Balaban J connectivity index is 1.62. The van der Waals surface area contributed by atoms with Gasteiger partial charge in [-0.2, -0.15) is 0 Å². The lowest BCUT2D eigenvalue weighted by Crippen LogP contribution is -2.52. The summed E-state index contributed by atoms with van der Waals surface area (Å²) in [6.07, 6.45) is 0. The van der Waals surface area contributed by atoms with Crippen molar-refractivity contribution in [3.63, 3.8) is 0 Å². The van der Waals surface area contributed by atoms with Gasteiger partial charge in [-0.1, -0.05) is 42.5 Å². The molecule has 27 heavy (non-hydrogen) atoms. The number of urea groups is 1. The first-order valence-corrected chi connectivity index (χ1v) is 8.87. The summed E-state index contributed by atoms with van der Waals surface area (Å²) in [7, 11) is 1.57. The van der Waals surface area contributed by atoms with Crippen LogP contribution in [0, 0.1) is 0 Å². The summed E-state index contributed by atoms with van der Waals surface area (Å²) in [6, 6.07) is 16.1. The Kier molecular flexibility index (Phi) is 5.93. The van der Waals surface area contributed by atoms with Gasteiger partial charge in [0.05, 0.1) is 12.8 Å². The van der Waals surface area contributed by atoms with Crippen LogP contribution < -0.4 is 15.8 Å². The molecule has 1 unspecified atom stereocenters. The van der Waals surface area contributed by atoms with Crippen LogP contribution in [-0.2, 0) is 4.79 Å². The molecule has 0 spiro atoms. The molecule has 7 nitrogen and oxygen atoms in total. The van der Waals surface area contributed by atoms with Crippen LogP contribution in [0.25, 0.3) is 0 Å². The lowest BCUT2D eigenvalue weighted by atomic mass is 10.0. The second-order valence-electron chi connectivity index (χ2n) is 6.37. The van der Waals surface area contributed by atoms with Crippen LogP contribution in [0.5, 0.6) is 5.75 Å². The SMILES string of the molecule is COc1ccccc1NC(=O)N1CCN(C(C(N)=O)c2ccccc2)CC1. The number of carbonyl (C=O) groups is 2. The number of ether oxygens (including phenoxy) is 1. The maximum Gasteiger partial charge on any atom is 0.322 e. The predicted molar refractivity (Wildman–Crippen MR) is 104 cm³/mol. The van der Waals surface area contributed by atoms with Gasteiger partial charge in [0.1, 0.15) is 11.8 Å². The number of hydrogen-bond donors (Lipinski definition) is 2. The number of carbonyl (C=O) groups excluding carboxylic acids is 2. The molecule has 1 atom stereocenters. The molecule has 0 aliphatic carbocycles. The third-order valence-electron chi connectivity index (χ3n) is 4.70. The van der Waals surface area contributed by atoms with Gasteiger partial charge in [0.15, 0.2) is 0 Å². The number of hydrogen-bond acceptors (Lipinski definition) is 4. The van der Waals surface area contributed by atoms with Crippen molar-refractivity contribution in [2.75, 3.05) is 38.6 Å². The van der Waals surface area contributed by atoms with Gasteiger partial charge in [0.25, 0.3) is 0 Å². The standard InChI is InChI=1S/C20H24N4O3/c1-27-17-10-6-5-9-16(17)22-20(26)24-13-11-23(12-14-24)18(19(21)25)15-7-3-2-4-8-15/h2-10,18H,11-14H2,1H3,(H2,21,25)(H,22,26). The van der Waals surface area contributed by atoms with E-state index in [1.807, 2.05) is 47.4 Å². The van der Waals surface area contributed by atoms with Crippen molar-refractivity contribution in [3.8, 4) is 5.75 Å². The van der Waals surface area contributed by atoms with Crippen molar-refractivity contribution in [1.82, 2.24) is 9.80 Å². The second-order valence-corrected chi connectivity index (χ2v) is 6.37. The van der Waals surface area contributed by atoms with Gasteiger partial charge in [0, 0.05) is 26.2 Å². The van der Waals surface area contributed by atoms with E-state index in [1.165, 1.54) is 0 Å². The van der Waals surface area contributed by atoms with Crippen LogP contribution in [0.2, 0.25) is 0 Å². The molecule has 7 heteroatoms. The Morgan fingerprint density at radius 1 is 1.00 bits per heavy atom. The summed E-state index contributed by atoms with van der Waals surface area (Å²) in [6.45, 7) is 2.17. The Labute approximate surface area is 158 Å². The van der Waals surface area contributed by atoms with Crippen LogP contribution in [0.3, 0.4) is 0 Å². The maximum atomic E-state index is 12.6. The average molecular weight is 368 g/mol. The van der Waals surface area contributed by atoms with E-state index in [-0.39, 0.29) is 11.9 Å². The zero-order valence-electron chi connectivity index (χ0n) is 15.3. The van der Waals surface area contributed by atoms with E-state index < -0.39 is 6.04 Å². The summed E-state index contributed by atoms with van der Waals surface area (Å²) in [4.78, 5) is 28.3. The van der Waals surface area contributed by atoms with Crippen LogP contribution in [0.1, 0.15) is 11.6 Å². The van der Waals surface area contributed by atoms with Gasteiger partial charge >= 0.3 is 6.03 Å². The van der Waals surface area contributed by atoms with E-state index in [4.69, 9.17) is 10.5 Å². The fourth-order valence-electron chi connectivity index (χ4n) is 3.32. The highest BCUT2D eigenvalue weighted by Gasteiger charge is 2.30. The number of rotatable bonds is 5. The van der Waals surface area contributed by atoms with Crippen LogP contribution >= 0.6 is 0 Å². The molecule has 3 amide bonds. The fraction of sp³-hybridized carbons (Fsp3) is 0.300. The molecule has 1 heterocycles. The normalized spacial score (nSPS) is 15.8. The first kappa shape index (κ1) is 18.7. The van der Waals surface area contributed by atoms with Gasteiger partial charge in [-0.3, -0.25) is 9.69 Å². The minimum absolute atomic E-state index is 0.186. The molecule has 1 saturated heterocycles. The highest BCUT2D eigenvalue weighted by Crippen LogP contribution is 2.25. The Morgan fingerprint density at radius 2 is 1.63 bits per heavy atom. The fourth-order valence-corrected chi connectivity index (χ4v) is 3.32. The zero-order chi connectivity index (χ0) is 19.2. The number of primary amides is 1. The number of nitrogens with one attached hydrogen (secondary N) is 1. The van der Waals surface area contributed by atoms with Crippen LogP contribution in [0.15, 0.2) is 54.6 Å². The van der Waals surface area contributed by atoms with Crippen LogP contribution in [-0.4, -0.2) is 55.0 Å². The second kappa shape index (κ2) is 8.55. The smallest absolute Gasteiger partial charge is 0.322 e. The van der Waals surface area contributed by atoms with E-state index in [0.29, 0.717) is 37.6 Å². The number of amides is 3. The third-order valence-corrected chi connectivity index (χ3v) is 4.70. The molecule has 2 aromatic rings. The molecule has 0 radical (unpaired) electrons. The zero-order valence-corrected chi connectivity index (χ0v) is 15.3. The number of nitrogens with two attached hydrogens (primary N) is 1. The molecule has 2 aromatic carbocycles. The van der Waals surface area contributed by atoms with Crippen molar-refractivity contribution in [3.05, 3.63) is 60.2 Å². The monoisotopic (exact) mass is 368 g/mol. The molecular formula is C20H24N4O3. The molecule has 0 bridgehead atoms. The lowest BCUT2D eigenvalue weighted by molar-refractivity contribution is -0.124. The number of piperazine rings is 1. The van der Waals surface area contributed by atoms with Gasteiger partial charge in [-0.25, -0.2) is 4.79 Å². The topological polar surface area (TPSA) is 87.9 Å². The Hall–Kier alpha value is -3.06. The number of benzene rings is 2. The molecular weight excluding hydrogens is 344 g/mol. The molecule has 0 aromatic heterocycles. The van der Waals surface area contributed by atoms with Gasteiger partial charge in [0.2, 0.25) is 5.91 Å². The maximum absolute atomic E-state index is 12.6. The van der Waals surface area contributed by atoms with Gasteiger partial charge in [-0.05, 0) is 17.7 Å². The summed E-state index contributed by atoms with van der Waals surface area (Å²) >= 11 is 0. The minimum Gasteiger partial charge on any atom is -0.495 e. The number of anilines is 1. The highest BCUT2D eigenvalue weighted by atomic mass is 16.5. The summed E-state index contributed by atoms with van der Waals surface area (Å²) < 4.78 is 5.26. The lowest BCUT2D eigenvalue weighted by Gasteiger charge is -2.38. The van der Waals surface area contributed by atoms with Crippen molar-refractivity contribution < 1.29 is 14.3 Å². The first-order valence-electron chi connectivity index (χ1n) is 8.87. The molecule has 3 rings (SSSR count). The van der Waals surface area contributed by atoms with E-state index >= 15 is 0 Å². The Morgan fingerprint density at radius 3 is 2.26 bits per heavy atom. The predicted octanol–water partition coefficient (Wildman–Crippen LogP) is 2.07. The summed E-state index contributed by atoms with van der Waals surface area (Å²) in [5, 5.41) is 2.88. The highest BCUT2D eigenvalue weighted by molar-refractivity contribution is 5.91. The number of methoxy groups -OCH3 is 1. The Bertz CT molecular complexity index is 789.